The highest BCUT2D eigenvalue weighted by Gasteiger charge is 2.03. The van der Waals surface area contributed by atoms with E-state index in [4.69, 9.17) is 10.3 Å². The number of rotatable bonds is 5. The lowest BCUT2D eigenvalue weighted by atomic mass is 10.4. The summed E-state index contributed by atoms with van der Waals surface area (Å²) in [7, 11) is 0. The zero-order chi connectivity index (χ0) is 10.3. The molecule has 0 aromatic rings. The molecule has 13 heavy (non-hydrogen) atoms. The lowest BCUT2D eigenvalue weighted by Crippen LogP contribution is -2.17. The van der Waals surface area contributed by atoms with Crippen molar-refractivity contribution in [3.8, 4) is 0 Å². The van der Waals surface area contributed by atoms with Crippen molar-refractivity contribution < 1.29 is 20.0 Å². The van der Waals surface area contributed by atoms with E-state index >= 15 is 0 Å². The van der Waals surface area contributed by atoms with Crippen molar-refractivity contribution in [2.24, 2.45) is 10.4 Å². The first-order valence-corrected chi connectivity index (χ1v) is 3.69. The van der Waals surface area contributed by atoms with Crippen molar-refractivity contribution in [3.05, 3.63) is 5.21 Å². The highest BCUT2D eigenvalue weighted by Crippen LogP contribution is 1.86. The Hall–Kier alpha value is -1.37. The van der Waals surface area contributed by atoms with E-state index in [0.717, 1.165) is 0 Å². The van der Waals surface area contributed by atoms with Gasteiger partial charge in [-0.2, -0.15) is 0 Å². The van der Waals surface area contributed by atoms with E-state index in [2.05, 4.69) is 15.3 Å². The van der Waals surface area contributed by atoms with Gasteiger partial charge < -0.3 is 20.4 Å². The Kier molecular flexibility index (Phi) is 5.53. The SMILES string of the molecule is C/C(CO/N=[N+](\[O-])CC(C)O)=N\O. The molecule has 0 bridgehead atoms. The summed E-state index contributed by atoms with van der Waals surface area (Å²) in [6.45, 7) is 2.75. The molecule has 0 saturated carbocycles. The second kappa shape index (κ2) is 6.18. The lowest BCUT2D eigenvalue weighted by Gasteiger charge is -2.01. The van der Waals surface area contributed by atoms with E-state index in [9.17, 15) is 5.21 Å². The number of aliphatic hydroxyl groups is 1. The Morgan fingerprint density at radius 2 is 2.31 bits per heavy atom. The molecule has 0 amide bonds. The second-order valence-electron chi connectivity index (χ2n) is 2.57. The maximum atomic E-state index is 10.7. The summed E-state index contributed by atoms with van der Waals surface area (Å²) in [5, 5.41) is 33.5. The smallest absolute Gasteiger partial charge is 0.209 e. The molecular weight excluding hydrogens is 178 g/mol. The number of aliphatic hydroxyl groups excluding tert-OH is 1. The fourth-order valence-corrected chi connectivity index (χ4v) is 0.475. The molecule has 0 aliphatic heterocycles. The average molecular weight is 191 g/mol. The van der Waals surface area contributed by atoms with E-state index in [1.807, 2.05) is 0 Å². The maximum absolute atomic E-state index is 10.7. The quantitative estimate of drug-likeness (QED) is 0.212. The van der Waals surface area contributed by atoms with Gasteiger partial charge in [0.15, 0.2) is 11.9 Å². The van der Waals surface area contributed by atoms with Gasteiger partial charge in [-0.3, -0.25) is 0 Å². The van der Waals surface area contributed by atoms with Crippen molar-refractivity contribution >= 4 is 5.71 Å². The topological polar surface area (TPSA) is 100 Å². The molecule has 1 atom stereocenters. The zero-order valence-corrected chi connectivity index (χ0v) is 7.54. The summed E-state index contributed by atoms with van der Waals surface area (Å²) in [5.41, 5.74) is 0.300. The van der Waals surface area contributed by atoms with Crippen molar-refractivity contribution in [3.63, 3.8) is 0 Å². The third-order valence-electron chi connectivity index (χ3n) is 1.01. The van der Waals surface area contributed by atoms with Crippen LogP contribution in [0.15, 0.2) is 10.4 Å². The summed E-state index contributed by atoms with van der Waals surface area (Å²) in [5.74, 6) is 0. The van der Waals surface area contributed by atoms with Crippen LogP contribution in [0.25, 0.3) is 0 Å². The molecule has 0 radical (unpaired) electrons. The molecule has 0 rings (SSSR count). The van der Waals surface area contributed by atoms with Crippen LogP contribution in [0.2, 0.25) is 0 Å². The zero-order valence-electron chi connectivity index (χ0n) is 7.54. The molecule has 0 fully saturated rings. The molecule has 0 heterocycles. The predicted molar refractivity (Wildman–Crippen MR) is 43.5 cm³/mol. The van der Waals surface area contributed by atoms with Crippen molar-refractivity contribution in [1.82, 2.24) is 0 Å². The van der Waals surface area contributed by atoms with Crippen molar-refractivity contribution in [2.45, 2.75) is 20.0 Å². The van der Waals surface area contributed by atoms with Crippen LogP contribution in [0, 0.1) is 5.21 Å². The van der Waals surface area contributed by atoms with E-state index in [0.29, 0.717) is 5.71 Å². The van der Waals surface area contributed by atoms with Gasteiger partial charge >= 0.3 is 0 Å². The van der Waals surface area contributed by atoms with Crippen LogP contribution in [0.4, 0.5) is 0 Å². The third kappa shape index (κ3) is 7.01. The molecular formula is C6H13N3O4. The molecule has 2 N–H and O–H groups in total. The lowest BCUT2D eigenvalue weighted by molar-refractivity contribution is -0.564. The highest BCUT2D eigenvalue weighted by molar-refractivity contribution is 5.82. The van der Waals surface area contributed by atoms with E-state index in [-0.39, 0.29) is 18.0 Å². The Morgan fingerprint density at radius 3 is 2.77 bits per heavy atom. The molecule has 0 aliphatic carbocycles. The predicted octanol–water partition coefficient (Wildman–Crippen LogP) is 0.111. The van der Waals surface area contributed by atoms with Crippen molar-refractivity contribution in [2.75, 3.05) is 13.2 Å². The van der Waals surface area contributed by atoms with E-state index < -0.39 is 6.10 Å². The van der Waals surface area contributed by atoms with Gasteiger partial charge in [-0.05, 0) is 13.8 Å². The van der Waals surface area contributed by atoms with Gasteiger partial charge in [0.25, 0.3) is 0 Å². The second-order valence-corrected chi connectivity index (χ2v) is 2.57. The first kappa shape index (κ1) is 11.6. The summed E-state index contributed by atoms with van der Waals surface area (Å²) in [6, 6.07) is 0. The van der Waals surface area contributed by atoms with E-state index in [1.54, 1.807) is 0 Å². The van der Waals surface area contributed by atoms with Crippen LogP contribution in [-0.2, 0) is 4.84 Å². The van der Waals surface area contributed by atoms with Crippen LogP contribution < -0.4 is 0 Å². The number of oxime groups is 1. The van der Waals surface area contributed by atoms with Gasteiger partial charge in [-0.25, -0.2) is 0 Å². The minimum atomic E-state index is -0.766. The normalized spacial score (nSPS) is 15.6. The first-order chi connectivity index (χ1) is 6.06. The molecule has 0 aromatic carbocycles. The van der Waals surface area contributed by atoms with Gasteiger partial charge in [0.1, 0.15) is 6.10 Å². The molecule has 0 aliphatic rings. The van der Waals surface area contributed by atoms with Crippen LogP contribution in [0.3, 0.4) is 0 Å². The fourth-order valence-electron chi connectivity index (χ4n) is 0.475. The Morgan fingerprint density at radius 1 is 1.69 bits per heavy atom. The van der Waals surface area contributed by atoms with Gasteiger partial charge in [0, 0.05) is 0 Å². The minimum Gasteiger partial charge on any atom is -0.597 e. The van der Waals surface area contributed by atoms with Gasteiger partial charge in [0.2, 0.25) is 6.54 Å². The summed E-state index contributed by atoms with van der Waals surface area (Å²) < 4.78 is 0. The molecule has 0 spiro atoms. The molecule has 7 nitrogen and oxygen atoms in total. The molecule has 7 heteroatoms. The van der Waals surface area contributed by atoms with Crippen LogP contribution >= 0.6 is 0 Å². The number of hydrogen-bond acceptors (Lipinski definition) is 6. The number of hydrogen-bond donors (Lipinski definition) is 2. The van der Waals surface area contributed by atoms with E-state index in [1.165, 1.54) is 13.8 Å². The maximum Gasteiger partial charge on any atom is 0.209 e. The Labute approximate surface area is 75.5 Å². The summed E-state index contributed by atoms with van der Waals surface area (Å²) in [6.07, 6.45) is -0.766. The van der Waals surface area contributed by atoms with Crippen LogP contribution in [-0.4, -0.2) is 40.1 Å². The standard InChI is InChI=1S/C6H13N3O4/c1-5(7-11)4-13-8-9(12)3-6(2)10/h6,10-11H,3-4H2,1-2H3/b7-5+,9-8-. The van der Waals surface area contributed by atoms with Crippen LogP contribution in [0.5, 0.6) is 0 Å². The average Bonchev–Trinajstić information content (AvgIpc) is 2.02. The minimum absolute atomic E-state index is 0.0605. The molecule has 0 saturated heterocycles. The van der Waals surface area contributed by atoms with Gasteiger partial charge in [0.05, 0.1) is 5.71 Å². The summed E-state index contributed by atoms with van der Waals surface area (Å²) in [4.78, 5) is 4.70. The van der Waals surface area contributed by atoms with Gasteiger partial charge in [-0.1, -0.05) is 10.0 Å². The number of hydroxylamine groups is 1. The summed E-state index contributed by atoms with van der Waals surface area (Å²) >= 11 is 0. The Balaban J connectivity index is 3.71. The molecule has 1 unspecified atom stereocenters. The molecule has 0 aromatic heterocycles. The monoisotopic (exact) mass is 191 g/mol. The van der Waals surface area contributed by atoms with Crippen molar-refractivity contribution in [1.29, 1.82) is 0 Å². The van der Waals surface area contributed by atoms with Crippen LogP contribution in [0.1, 0.15) is 13.8 Å². The Bertz CT molecular complexity index is 202. The first-order valence-electron chi connectivity index (χ1n) is 3.69. The largest absolute Gasteiger partial charge is 0.597 e. The third-order valence-corrected chi connectivity index (χ3v) is 1.01. The molecule has 76 valence electrons. The fraction of sp³-hybridized carbons (Fsp3) is 0.833. The highest BCUT2D eigenvalue weighted by atomic mass is 16.7. The van der Waals surface area contributed by atoms with Gasteiger partial charge in [-0.15, -0.1) is 0 Å². The number of nitrogens with zero attached hydrogens (tertiary/aromatic N) is 3.